The van der Waals surface area contributed by atoms with Crippen LogP contribution in [-0.2, 0) is 0 Å². The van der Waals surface area contributed by atoms with Crippen molar-refractivity contribution in [3.63, 3.8) is 0 Å². The largest absolute Gasteiger partial charge is 0.326 e. The molecule has 21 heavy (non-hydrogen) atoms. The van der Waals surface area contributed by atoms with E-state index in [2.05, 4.69) is 54.6 Å². The average molecular weight is 279 g/mol. The van der Waals surface area contributed by atoms with Crippen molar-refractivity contribution in [2.75, 3.05) is 0 Å². The van der Waals surface area contributed by atoms with Crippen LogP contribution in [0.1, 0.15) is 35.7 Å². The van der Waals surface area contributed by atoms with Crippen molar-refractivity contribution < 1.29 is 0 Å². The first-order valence-electron chi connectivity index (χ1n) is 7.32. The number of benzene rings is 2. The molecule has 3 nitrogen and oxygen atoms in total. The topological polar surface area (TPSA) is 43.8 Å². The van der Waals surface area contributed by atoms with Crippen molar-refractivity contribution in [1.82, 2.24) is 9.55 Å². The van der Waals surface area contributed by atoms with Gasteiger partial charge < -0.3 is 10.3 Å². The Morgan fingerprint density at radius 2 is 1.71 bits per heavy atom. The molecule has 0 saturated carbocycles. The molecule has 0 bridgehead atoms. The van der Waals surface area contributed by atoms with Crippen LogP contribution in [0.25, 0.3) is 11.0 Å². The zero-order valence-electron chi connectivity index (χ0n) is 12.7. The maximum Gasteiger partial charge on any atom is 0.0961 e. The molecule has 0 aliphatic heterocycles. The fraction of sp³-hybridized carbons (Fsp3) is 0.278. The number of fused-ring (bicyclic) bond motifs is 1. The molecule has 0 radical (unpaired) electrons. The maximum absolute atomic E-state index is 6.44. The lowest BCUT2D eigenvalue weighted by Crippen LogP contribution is -2.22. The van der Waals surface area contributed by atoms with Gasteiger partial charge in [0.1, 0.15) is 0 Å². The first-order chi connectivity index (χ1) is 10.1. The monoisotopic (exact) mass is 279 g/mol. The summed E-state index contributed by atoms with van der Waals surface area (Å²) in [7, 11) is 0. The number of rotatable bonds is 3. The van der Waals surface area contributed by atoms with E-state index in [9.17, 15) is 0 Å². The number of nitrogens with two attached hydrogens (primary N) is 1. The average Bonchev–Trinajstić information content (AvgIpc) is 2.90. The van der Waals surface area contributed by atoms with Crippen LogP contribution in [0.3, 0.4) is 0 Å². The molecule has 3 aromatic rings. The summed E-state index contributed by atoms with van der Waals surface area (Å²) in [6, 6.07) is 14.7. The minimum absolute atomic E-state index is 0.0507. The molecule has 0 amide bonds. The van der Waals surface area contributed by atoms with E-state index in [-0.39, 0.29) is 12.1 Å². The number of hydrogen-bond acceptors (Lipinski definition) is 2. The zero-order chi connectivity index (χ0) is 15.0. The van der Waals surface area contributed by atoms with Crippen LogP contribution in [0.4, 0.5) is 0 Å². The summed E-state index contributed by atoms with van der Waals surface area (Å²) in [4.78, 5) is 4.53. The Hall–Kier alpha value is -2.13. The van der Waals surface area contributed by atoms with E-state index < -0.39 is 0 Å². The van der Waals surface area contributed by atoms with E-state index in [4.69, 9.17) is 5.73 Å². The second-order valence-electron chi connectivity index (χ2n) is 5.75. The molecule has 2 atom stereocenters. The summed E-state index contributed by atoms with van der Waals surface area (Å²) in [5.74, 6) is 0. The first-order valence-corrected chi connectivity index (χ1v) is 7.32. The van der Waals surface area contributed by atoms with E-state index in [1.165, 1.54) is 11.1 Å². The summed E-state index contributed by atoms with van der Waals surface area (Å²) in [6.45, 7) is 6.40. The van der Waals surface area contributed by atoms with Crippen LogP contribution in [0, 0.1) is 13.8 Å². The Labute approximate surface area is 125 Å². The summed E-state index contributed by atoms with van der Waals surface area (Å²) in [5.41, 5.74) is 12.3. The quantitative estimate of drug-likeness (QED) is 0.790. The van der Waals surface area contributed by atoms with Crippen LogP contribution >= 0.6 is 0 Å². The molecular weight excluding hydrogens is 258 g/mol. The fourth-order valence-corrected chi connectivity index (χ4v) is 2.73. The molecule has 3 heteroatoms. The minimum Gasteiger partial charge on any atom is -0.326 e. The van der Waals surface area contributed by atoms with Gasteiger partial charge in [-0.05, 0) is 49.6 Å². The van der Waals surface area contributed by atoms with Gasteiger partial charge in [-0.2, -0.15) is 0 Å². The standard InChI is InChI=1S/C18H21N3/c1-12-9-16-17(10-13(12)2)21(11-20-16)14(3)18(19)15-7-5-4-6-8-15/h4-11,14,18H,19H2,1-3H3. The molecule has 2 aromatic carbocycles. The third-order valence-electron chi connectivity index (χ3n) is 4.33. The van der Waals surface area contributed by atoms with Crippen molar-refractivity contribution in [3.8, 4) is 0 Å². The lowest BCUT2D eigenvalue weighted by molar-refractivity contribution is 0.463. The van der Waals surface area contributed by atoms with Crippen LogP contribution < -0.4 is 5.73 Å². The molecule has 2 N–H and O–H groups in total. The summed E-state index contributed by atoms with van der Waals surface area (Å²) in [6.07, 6.45) is 1.90. The maximum atomic E-state index is 6.44. The number of hydrogen-bond donors (Lipinski definition) is 1. The number of aromatic nitrogens is 2. The highest BCUT2D eigenvalue weighted by Crippen LogP contribution is 2.28. The van der Waals surface area contributed by atoms with Crippen molar-refractivity contribution >= 4 is 11.0 Å². The molecule has 0 aliphatic rings. The SMILES string of the molecule is Cc1cc2ncn(C(C)C(N)c3ccccc3)c2cc1C. The molecule has 0 saturated heterocycles. The fourth-order valence-electron chi connectivity index (χ4n) is 2.73. The summed E-state index contributed by atoms with van der Waals surface area (Å²) >= 11 is 0. The van der Waals surface area contributed by atoms with Gasteiger partial charge in [0.2, 0.25) is 0 Å². The van der Waals surface area contributed by atoms with Gasteiger partial charge in [0.25, 0.3) is 0 Å². The number of imidazole rings is 1. The zero-order valence-corrected chi connectivity index (χ0v) is 12.7. The second-order valence-corrected chi connectivity index (χ2v) is 5.75. The molecule has 108 valence electrons. The van der Waals surface area contributed by atoms with Gasteiger partial charge in [0.05, 0.1) is 29.4 Å². The Morgan fingerprint density at radius 1 is 1.05 bits per heavy atom. The minimum atomic E-state index is -0.0507. The van der Waals surface area contributed by atoms with Gasteiger partial charge in [-0.25, -0.2) is 4.98 Å². The molecular formula is C18H21N3. The van der Waals surface area contributed by atoms with Crippen molar-refractivity contribution in [2.45, 2.75) is 32.9 Å². The Bertz CT molecular complexity index is 759. The highest BCUT2D eigenvalue weighted by molar-refractivity contribution is 5.77. The molecule has 0 aliphatic carbocycles. The van der Waals surface area contributed by atoms with Gasteiger partial charge in [0.15, 0.2) is 0 Å². The highest BCUT2D eigenvalue weighted by atomic mass is 15.1. The summed E-state index contributed by atoms with van der Waals surface area (Å²) < 4.78 is 2.18. The Morgan fingerprint density at radius 3 is 2.43 bits per heavy atom. The van der Waals surface area contributed by atoms with Gasteiger partial charge in [-0.1, -0.05) is 30.3 Å². The molecule has 1 heterocycles. The first kappa shape index (κ1) is 13.8. The Kier molecular flexibility index (Phi) is 3.52. The van der Waals surface area contributed by atoms with Crippen molar-refractivity contribution in [1.29, 1.82) is 0 Å². The van der Waals surface area contributed by atoms with Crippen molar-refractivity contribution in [2.24, 2.45) is 5.73 Å². The van der Waals surface area contributed by atoms with Gasteiger partial charge in [0, 0.05) is 0 Å². The second kappa shape index (κ2) is 5.34. The predicted octanol–water partition coefficient (Wildman–Crippen LogP) is 3.91. The van der Waals surface area contributed by atoms with Gasteiger partial charge >= 0.3 is 0 Å². The van der Waals surface area contributed by atoms with E-state index in [1.807, 2.05) is 24.5 Å². The smallest absolute Gasteiger partial charge is 0.0961 e. The molecule has 3 rings (SSSR count). The summed E-state index contributed by atoms with van der Waals surface area (Å²) in [5, 5.41) is 0. The molecule has 0 spiro atoms. The van der Waals surface area contributed by atoms with Crippen LogP contribution in [0.5, 0.6) is 0 Å². The third-order valence-corrected chi connectivity index (χ3v) is 4.33. The molecule has 1 aromatic heterocycles. The van der Waals surface area contributed by atoms with Gasteiger partial charge in [-0.15, -0.1) is 0 Å². The number of aryl methyl sites for hydroxylation is 2. The van der Waals surface area contributed by atoms with E-state index in [1.54, 1.807) is 0 Å². The van der Waals surface area contributed by atoms with E-state index in [0.717, 1.165) is 16.6 Å². The molecule has 0 fully saturated rings. The predicted molar refractivity (Wildman–Crippen MR) is 87.3 cm³/mol. The van der Waals surface area contributed by atoms with Crippen LogP contribution in [0.2, 0.25) is 0 Å². The Balaban J connectivity index is 2.02. The van der Waals surface area contributed by atoms with E-state index in [0.29, 0.717) is 0 Å². The van der Waals surface area contributed by atoms with Crippen molar-refractivity contribution in [3.05, 3.63) is 65.5 Å². The highest BCUT2D eigenvalue weighted by Gasteiger charge is 2.18. The molecule has 2 unspecified atom stereocenters. The van der Waals surface area contributed by atoms with Crippen LogP contribution in [0.15, 0.2) is 48.8 Å². The van der Waals surface area contributed by atoms with Crippen LogP contribution in [-0.4, -0.2) is 9.55 Å². The number of nitrogens with zero attached hydrogens (tertiary/aromatic N) is 2. The lowest BCUT2D eigenvalue weighted by atomic mass is 10.0. The van der Waals surface area contributed by atoms with Gasteiger partial charge in [-0.3, -0.25) is 0 Å². The normalized spacial score (nSPS) is 14.3. The van der Waals surface area contributed by atoms with E-state index >= 15 is 0 Å². The third kappa shape index (κ3) is 2.45. The lowest BCUT2D eigenvalue weighted by Gasteiger charge is -2.22.